The van der Waals surface area contributed by atoms with E-state index in [1.165, 1.54) is 12.8 Å². The van der Waals surface area contributed by atoms with Crippen LogP contribution in [-0.2, 0) is 9.59 Å². The van der Waals surface area contributed by atoms with E-state index < -0.39 is 0 Å². The van der Waals surface area contributed by atoms with Gasteiger partial charge < -0.3 is 20.3 Å². The summed E-state index contributed by atoms with van der Waals surface area (Å²) in [6.45, 7) is 3.48. The third kappa shape index (κ3) is 7.35. The van der Waals surface area contributed by atoms with Crippen LogP contribution in [0.5, 0.6) is 5.75 Å². The van der Waals surface area contributed by atoms with Crippen LogP contribution in [0, 0.1) is 0 Å². The van der Waals surface area contributed by atoms with Crippen molar-refractivity contribution in [1.82, 2.24) is 15.5 Å². The number of methoxy groups -OCH3 is 1. The Morgan fingerprint density at radius 1 is 1.03 bits per heavy atom. The standard InChI is InChI=1S/C23H35N3O4/c1-3-4-5-6-7-10-21(27)26-17-8-9-20(26)23(29)25-16-15-24-22(28)18-11-13-19(30-2)14-12-18/h11-14,20H,3-10,15-17H2,1-2H3,(H,24,28)(H,25,29)/t20-/m0/s1. The van der Waals surface area contributed by atoms with Crippen LogP contribution < -0.4 is 15.4 Å². The molecule has 7 heteroatoms. The molecule has 1 saturated heterocycles. The van der Waals surface area contributed by atoms with Crippen molar-refractivity contribution in [2.24, 2.45) is 0 Å². The third-order valence-electron chi connectivity index (χ3n) is 5.43. The van der Waals surface area contributed by atoms with Gasteiger partial charge in [0.15, 0.2) is 0 Å². The minimum Gasteiger partial charge on any atom is -0.497 e. The summed E-state index contributed by atoms with van der Waals surface area (Å²) in [7, 11) is 1.57. The SMILES string of the molecule is CCCCCCCC(=O)N1CCC[C@H]1C(=O)NCCNC(=O)c1ccc(OC)cc1. The van der Waals surface area contributed by atoms with Crippen molar-refractivity contribution < 1.29 is 19.1 Å². The van der Waals surface area contributed by atoms with Gasteiger partial charge in [0, 0.05) is 31.6 Å². The van der Waals surface area contributed by atoms with Crippen LogP contribution >= 0.6 is 0 Å². The first-order chi connectivity index (χ1) is 14.6. The number of hydrogen-bond donors (Lipinski definition) is 2. The Morgan fingerprint density at radius 3 is 2.43 bits per heavy atom. The first-order valence-electron chi connectivity index (χ1n) is 11.1. The van der Waals surface area contributed by atoms with Crippen molar-refractivity contribution in [1.29, 1.82) is 0 Å². The van der Waals surface area contributed by atoms with Gasteiger partial charge in [-0.15, -0.1) is 0 Å². The Labute approximate surface area is 179 Å². The molecule has 0 spiro atoms. The summed E-state index contributed by atoms with van der Waals surface area (Å²) >= 11 is 0. The van der Waals surface area contributed by atoms with E-state index >= 15 is 0 Å². The summed E-state index contributed by atoms with van der Waals surface area (Å²) in [6, 6.07) is 6.46. The van der Waals surface area contributed by atoms with Crippen molar-refractivity contribution >= 4 is 17.7 Å². The van der Waals surface area contributed by atoms with Gasteiger partial charge in [-0.05, 0) is 43.5 Å². The van der Waals surface area contributed by atoms with Crippen molar-refractivity contribution in [3.05, 3.63) is 29.8 Å². The lowest BCUT2D eigenvalue weighted by Gasteiger charge is -2.24. The molecule has 0 aromatic heterocycles. The highest BCUT2D eigenvalue weighted by Crippen LogP contribution is 2.19. The number of amides is 3. The lowest BCUT2D eigenvalue weighted by molar-refractivity contribution is -0.138. The molecule has 1 aliphatic heterocycles. The lowest BCUT2D eigenvalue weighted by atomic mass is 10.1. The topological polar surface area (TPSA) is 87.7 Å². The number of carbonyl (C=O) groups is 3. The van der Waals surface area contributed by atoms with Crippen molar-refractivity contribution in [2.75, 3.05) is 26.7 Å². The van der Waals surface area contributed by atoms with E-state index in [0.717, 1.165) is 25.7 Å². The summed E-state index contributed by atoms with van der Waals surface area (Å²) in [6.07, 6.45) is 7.58. The van der Waals surface area contributed by atoms with Crippen LogP contribution in [-0.4, -0.2) is 55.4 Å². The molecule has 7 nitrogen and oxygen atoms in total. The first-order valence-corrected chi connectivity index (χ1v) is 11.1. The van der Waals surface area contributed by atoms with E-state index in [4.69, 9.17) is 4.74 Å². The zero-order chi connectivity index (χ0) is 21.8. The fourth-order valence-electron chi connectivity index (χ4n) is 3.69. The number of ether oxygens (including phenoxy) is 1. The summed E-state index contributed by atoms with van der Waals surface area (Å²) in [5, 5.41) is 5.64. The van der Waals surface area contributed by atoms with Crippen LogP contribution in [0.25, 0.3) is 0 Å². The zero-order valence-corrected chi connectivity index (χ0v) is 18.2. The number of carbonyl (C=O) groups excluding carboxylic acids is 3. The number of rotatable bonds is 12. The van der Waals surface area contributed by atoms with Gasteiger partial charge in [0.2, 0.25) is 11.8 Å². The smallest absolute Gasteiger partial charge is 0.251 e. The van der Waals surface area contributed by atoms with E-state index in [0.29, 0.717) is 43.8 Å². The highest BCUT2D eigenvalue weighted by atomic mass is 16.5. The van der Waals surface area contributed by atoms with Gasteiger partial charge in [-0.2, -0.15) is 0 Å². The molecule has 1 aromatic rings. The number of likely N-dealkylation sites (tertiary alicyclic amines) is 1. The molecule has 0 aliphatic carbocycles. The summed E-state index contributed by atoms with van der Waals surface area (Å²) < 4.78 is 5.08. The van der Waals surface area contributed by atoms with Crippen LogP contribution in [0.2, 0.25) is 0 Å². The van der Waals surface area contributed by atoms with Gasteiger partial charge in [0.1, 0.15) is 11.8 Å². The molecule has 3 amide bonds. The Bertz CT molecular complexity index is 690. The fraction of sp³-hybridized carbons (Fsp3) is 0.609. The quantitative estimate of drug-likeness (QED) is 0.512. The molecule has 0 bridgehead atoms. The summed E-state index contributed by atoms with van der Waals surface area (Å²) in [5.74, 6) is 0.436. The second-order valence-corrected chi connectivity index (χ2v) is 7.68. The Hall–Kier alpha value is -2.57. The molecule has 166 valence electrons. The van der Waals surface area contributed by atoms with Crippen LogP contribution in [0.4, 0.5) is 0 Å². The van der Waals surface area contributed by atoms with Crippen LogP contribution in [0.1, 0.15) is 68.6 Å². The molecule has 2 N–H and O–H groups in total. The Kier molecular flexibility index (Phi) is 10.2. The number of hydrogen-bond acceptors (Lipinski definition) is 4. The second kappa shape index (κ2) is 12.9. The molecule has 1 heterocycles. The van der Waals surface area contributed by atoms with Crippen molar-refractivity contribution in [2.45, 2.75) is 64.3 Å². The first kappa shape index (κ1) is 23.7. The summed E-state index contributed by atoms with van der Waals surface area (Å²) in [5.41, 5.74) is 0.536. The Balaban J connectivity index is 1.68. The molecular formula is C23H35N3O4. The van der Waals surface area contributed by atoms with Gasteiger partial charge in [0.05, 0.1) is 7.11 Å². The highest BCUT2D eigenvalue weighted by Gasteiger charge is 2.33. The third-order valence-corrected chi connectivity index (χ3v) is 5.43. The zero-order valence-electron chi connectivity index (χ0n) is 18.2. The van der Waals surface area contributed by atoms with Gasteiger partial charge in [0.25, 0.3) is 5.91 Å². The minimum atomic E-state index is -0.384. The average molecular weight is 418 g/mol. The van der Waals surface area contributed by atoms with Crippen LogP contribution in [0.15, 0.2) is 24.3 Å². The van der Waals surface area contributed by atoms with E-state index in [9.17, 15) is 14.4 Å². The Morgan fingerprint density at radius 2 is 1.73 bits per heavy atom. The van der Waals surface area contributed by atoms with Crippen molar-refractivity contribution in [3.8, 4) is 5.75 Å². The van der Waals surface area contributed by atoms with E-state index in [1.807, 2.05) is 0 Å². The van der Waals surface area contributed by atoms with Gasteiger partial charge in [-0.3, -0.25) is 14.4 Å². The van der Waals surface area contributed by atoms with Gasteiger partial charge >= 0.3 is 0 Å². The molecule has 1 aromatic carbocycles. The number of unbranched alkanes of at least 4 members (excludes halogenated alkanes) is 4. The molecule has 1 aliphatic rings. The average Bonchev–Trinajstić information content (AvgIpc) is 3.26. The minimum absolute atomic E-state index is 0.0805. The normalized spacial score (nSPS) is 15.7. The molecule has 0 unspecified atom stereocenters. The van der Waals surface area contributed by atoms with E-state index in [-0.39, 0.29) is 23.8 Å². The van der Waals surface area contributed by atoms with Crippen molar-refractivity contribution in [3.63, 3.8) is 0 Å². The molecule has 1 fully saturated rings. The van der Waals surface area contributed by atoms with Gasteiger partial charge in [-0.1, -0.05) is 32.6 Å². The molecule has 1 atom stereocenters. The predicted molar refractivity (Wildman–Crippen MR) is 116 cm³/mol. The van der Waals surface area contributed by atoms with Gasteiger partial charge in [-0.25, -0.2) is 0 Å². The molecular weight excluding hydrogens is 382 g/mol. The number of nitrogens with zero attached hydrogens (tertiary/aromatic N) is 1. The number of nitrogens with one attached hydrogen (secondary N) is 2. The van der Waals surface area contributed by atoms with Crippen LogP contribution in [0.3, 0.4) is 0 Å². The highest BCUT2D eigenvalue weighted by molar-refractivity contribution is 5.94. The molecule has 0 saturated carbocycles. The molecule has 2 rings (SSSR count). The molecule has 30 heavy (non-hydrogen) atoms. The summed E-state index contributed by atoms with van der Waals surface area (Å²) in [4.78, 5) is 38.9. The second-order valence-electron chi connectivity index (χ2n) is 7.68. The lowest BCUT2D eigenvalue weighted by Crippen LogP contribution is -2.47. The fourth-order valence-corrected chi connectivity index (χ4v) is 3.69. The maximum absolute atomic E-state index is 12.5. The maximum Gasteiger partial charge on any atom is 0.251 e. The monoisotopic (exact) mass is 417 g/mol. The predicted octanol–water partition coefficient (Wildman–Crippen LogP) is 2.89. The number of benzene rings is 1. The van der Waals surface area contributed by atoms with E-state index in [1.54, 1.807) is 36.3 Å². The van der Waals surface area contributed by atoms with E-state index in [2.05, 4.69) is 17.6 Å². The largest absolute Gasteiger partial charge is 0.497 e. The molecule has 0 radical (unpaired) electrons. The maximum atomic E-state index is 12.5.